The fourth-order valence-corrected chi connectivity index (χ4v) is 23.1. The number of allylic oxidation sites excluding steroid dienone is 3. The van der Waals surface area contributed by atoms with E-state index in [9.17, 15) is 0 Å². The molecule has 0 bridgehead atoms. The Hall–Kier alpha value is -5.52. The molecule has 1 aliphatic carbocycles. The molecule has 13 rings (SSSR count). The zero-order valence-corrected chi connectivity index (χ0v) is 40.0. The number of halogens is 1. The van der Waals surface area contributed by atoms with Gasteiger partial charge in [0, 0.05) is 0 Å². The molecule has 0 radical (unpaired) electrons. The summed E-state index contributed by atoms with van der Waals surface area (Å²) in [5, 5.41) is 9.72. The first-order chi connectivity index (χ1) is 30.3. The summed E-state index contributed by atoms with van der Waals surface area (Å²) in [7, 11) is -4.19. The van der Waals surface area contributed by atoms with Gasteiger partial charge in [-0.3, -0.25) is 0 Å². The number of thiophene rings is 1. The minimum absolute atomic E-state index is 0.434. The fourth-order valence-electron chi connectivity index (χ4n) is 12.0. The van der Waals surface area contributed by atoms with Gasteiger partial charge in [0.2, 0.25) is 0 Å². The van der Waals surface area contributed by atoms with E-state index in [1.165, 1.54) is 43.3 Å². The summed E-state index contributed by atoms with van der Waals surface area (Å²) < 4.78 is 10.8. The van der Waals surface area contributed by atoms with Crippen LogP contribution >= 0.6 is 11.3 Å². The van der Waals surface area contributed by atoms with Crippen LogP contribution in [0.1, 0.15) is 32.7 Å². The average molecular weight is 961 g/mol. The Morgan fingerprint density at radius 2 is 1.00 bits per heavy atom. The first kappa shape index (κ1) is 37.1. The molecule has 7 aromatic carbocycles. The molecule has 4 aliphatic rings. The standard InChI is InChI=1S/C56H43INOSSi2/c1-61(2)48-26-14-9-21-40(48)55(41-22-10-15-27-49(41)61)45-35-52(58(36-18-6-5-7-19-36)37-30-31-39-38-20-8-13-25-46(38)59-47(39)34-37)60-54(45)56(44-32-33-57-53(44)55)42-23-11-16-28-50(42)62(3,4)51-29-17-12-24-43(51)56/h5-35H,1-4H3/q-1. The van der Waals surface area contributed by atoms with Gasteiger partial charge in [0.1, 0.15) is 0 Å². The van der Waals surface area contributed by atoms with Gasteiger partial charge in [-0.1, -0.05) is 12.1 Å². The molecule has 0 N–H and O–H groups in total. The van der Waals surface area contributed by atoms with Crippen molar-refractivity contribution < 1.29 is 25.6 Å². The van der Waals surface area contributed by atoms with E-state index in [1.54, 1.807) is 24.3 Å². The summed E-state index contributed by atoms with van der Waals surface area (Å²) in [6.07, 6.45) is 2.59. The third-order valence-electron chi connectivity index (χ3n) is 14.7. The number of nitrogens with zero attached hydrogens (tertiary/aromatic N) is 1. The summed E-state index contributed by atoms with van der Waals surface area (Å²) in [5.41, 5.74) is 12.0. The number of anilines is 3. The molecule has 0 unspecified atom stereocenters. The third-order valence-corrected chi connectivity index (χ3v) is 25.8. The predicted molar refractivity (Wildman–Crippen MR) is 261 cm³/mol. The second kappa shape index (κ2) is 13.0. The number of hydrogen-bond acceptors (Lipinski definition) is 3. The Labute approximate surface area is 379 Å². The van der Waals surface area contributed by atoms with Crippen LogP contribution in [0.5, 0.6) is 0 Å². The van der Waals surface area contributed by atoms with Crippen LogP contribution in [0.2, 0.25) is 26.2 Å². The van der Waals surface area contributed by atoms with Gasteiger partial charge in [-0.2, -0.15) is 0 Å². The Balaban J connectivity index is 1.20. The topological polar surface area (TPSA) is 16.4 Å². The van der Waals surface area contributed by atoms with E-state index in [1.807, 2.05) is 11.3 Å². The van der Waals surface area contributed by atoms with Crippen molar-refractivity contribution in [1.29, 1.82) is 0 Å². The normalized spacial score (nSPS) is 17.8. The molecular formula is C56H43INOSSi2-. The number of para-hydroxylation sites is 2. The monoisotopic (exact) mass is 960 g/mol. The molecule has 3 aliphatic heterocycles. The van der Waals surface area contributed by atoms with E-state index in [4.69, 9.17) is 4.42 Å². The summed E-state index contributed by atoms with van der Waals surface area (Å²) in [6, 6.07) is 67.2. The molecule has 0 saturated carbocycles. The average Bonchev–Trinajstić information content (AvgIpc) is 4.07. The van der Waals surface area contributed by atoms with Gasteiger partial charge in [0.15, 0.2) is 0 Å². The number of hydrogen-bond donors (Lipinski definition) is 0. The van der Waals surface area contributed by atoms with Crippen LogP contribution in [-0.4, -0.2) is 16.1 Å². The van der Waals surface area contributed by atoms with E-state index in [2.05, 4.69) is 217 Å². The second-order valence-electron chi connectivity index (χ2n) is 18.3. The van der Waals surface area contributed by atoms with Crippen LogP contribution in [0, 0.1) is 0 Å². The predicted octanol–water partition coefficient (Wildman–Crippen LogP) is 8.94. The summed E-state index contributed by atoms with van der Waals surface area (Å²) in [5.74, 6) is 0. The van der Waals surface area contributed by atoms with Crippen LogP contribution in [0.4, 0.5) is 16.4 Å². The van der Waals surface area contributed by atoms with Crippen LogP contribution in [0.3, 0.4) is 0 Å². The number of benzene rings is 7. The molecule has 0 fully saturated rings. The molecule has 2 aromatic heterocycles. The van der Waals surface area contributed by atoms with E-state index >= 15 is 0 Å². The van der Waals surface area contributed by atoms with Crippen molar-refractivity contribution in [2.24, 2.45) is 0 Å². The van der Waals surface area contributed by atoms with Gasteiger partial charge in [-0.05, 0) is 0 Å². The van der Waals surface area contributed by atoms with Crippen molar-refractivity contribution in [3.63, 3.8) is 0 Å². The quantitative estimate of drug-likeness (QED) is 0.130. The Bertz CT molecular complexity index is 3330. The maximum absolute atomic E-state index is 6.60. The molecular weight excluding hydrogens is 918 g/mol. The molecule has 0 atom stereocenters. The van der Waals surface area contributed by atoms with E-state index in [0.717, 1.165) is 33.3 Å². The number of fused-ring (bicyclic) bond motifs is 16. The van der Waals surface area contributed by atoms with Gasteiger partial charge in [0.05, 0.1) is 0 Å². The Morgan fingerprint density at radius 1 is 0.484 bits per heavy atom. The number of rotatable bonds is 3. The van der Waals surface area contributed by atoms with Crippen LogP contribution in [-0.2, 0) is 10.8 Å². The van der Waals surface area contributed by atoms with Crippen molar-refractivity contribution in [2.45, 2.75) is 37.0 Å². The molecule has 0 saturated heterocycles. The zero-order chi connectivity index (χ0) is 41.6. The summed E-state index contributed by atoms with van der Waals surface area (Å²) >= 11 is 1.52. The second-order valence-corrected chi connectivity index (χ2v) is 30.4. The van der Waals surface area contributed by atoms with Crippen molar-refractivity contribution in [1.82, 2.24) is 0 Å². The molecule has 5 heterocycles. The molecule has 9 aromatic rings. The number of furan rings is 1. The van der Waals surface area contributed by atoms with Crippen LogP contribution < -0.4 is 46.9 Å². The fraction of sp³-hybridized carbons (Fsp3) is 0.107. The first-order valence-corrected chi connectivity index (χ1v) is 30.8. The van der Waals surface area contributed by atoms with Crippen LogP contribution in [0.25, 0.3) is 21.9 Å². The third kappa shape index (κ3) is 4.58. The van der Waals surface area contributed by atoms with E-state index in [-0.39, 0.29) is 0 Å². The summed E-state index contributed by atoms with van der Waals surface area (Å²) in [4.78, 5) is 3.95. The molecule has 2 spiro atoms. The summed E-state index contributed by atoms with van der Waals surface area (Å²) in [6.45, 7) is 10.3. The van der Waals surface area contributed by atoms with Crippen molar-refractivity contribution in [2.75, 3.05) is 4.90 Å². The van der Waals surface area contributed by atoms with E-state index in [0.29, 0.717) is 0 Å². The maximum atomic E-state index is 6.60. The van der Waals surface area contributed by atoms with Gasteiger partial charge in [-0.15, -0.1) is 0 Å². The first-order valence-electron chi connectivity index (χ1n) is 21.6. The SMILES string of the molecule is C[Si]1(C)c2ccccc2C2(C3=C(C=C[I-]3)C3(c4ccccc4[Si](C)(C)c4ccccc43)c3sc(N(c4ccccc4)c4ccc5c(c4)oc4ccccc45)cc32)c2ccccc21. The molecule has 62 heavy (non-hydrogen) atoms. The molecule has 300 valence electrons. The Morgan fingerprint density at radius 3 is 1.61 bits per heavy atom. The molecule has 2 nitrogen and oxygen atoms in total. The van der Waals surface area contributed by atoms with Gasteiger partial charge >= 0.3 is 370 Å². The van der Waals surface area contributed by atoms with Gasteiger partial charge < -0.3 is 0 Å². The van der Waals surface area contributed by atoms with Gasteiger partial charge in [0.25, 0.3) is 0 Å². The Kier molecular flexibility index (Phi) is 7.78. The molecule has 0 amide bonds. The van der Waals surface area contributed by atoms with Crippen LogP contribution in [0.15, 0.2) is 200 Å². The van der Waals surface area contributed by atoms with Gasteiger partial charge in [-0.25, -0.2) is 0 Å². The zero-order valence-electron chi connectivity index (χ0n) is 35.0. The van der Waals surface area contributed by atoms with Crippen molar-refractivity contribution >= 4 is 86.5 Å². The molecule has 6 heteroatoms. The van der Waals surface area contributed by atoms with Crippen molar-refractivity contribution in [3.05, 3.63) is 228 Å². The minimum atomic E-state index is -2.10. The van der Waals surface area contributed by atoms with Crippen molar-refractivity contribution in [3.8, 4) is 0 Å². The van der Waals surface area contributed by atoms with E-state index < -0.39 is 48.2 Å².